The zero-order valence-corrected chi connectivity index (χ0v) is 11.6. The lowest BCUT2D eigenvalue weighted by molar-refractivity contribution is -0.137. The summed E-state index contributed by atoms with van der Waals surface area (Å²) in [5, 5.41) is 0. The Labute approximate surface area is 121 Å². The first-order chi connectivity index (χ1) is 9.87. The van der Waals surface area contributed by atoms with Crippen molar-refractivity contribution in [3.05, 3.63) is 35.4 Å². The zero-order chi connectivity index (χ0) is 15.5. The Hall–Kier alpha value is -1.40. The summed E-state index contributed by atoms with van der Waals surface area (Å²) in [6.45, 7) is 1.24. The summed E-state index contributed by atoms with van der Waals surface area (Å²) >= 11 is 0. The fourth-order valence-corrected chi connectivity index (χ4v) is 2.54. The predicted molar refractivity (Wildman–Crippen MR) is 71.7 cm³/mol. The maximum absolute atomic E-state index is 12.5. The molecule has 1 heterocycles. The molecule has 0 atom stereocenters. The van der Waals surface area contributed by atoms with Gasteiger partial charge in [0.15, 0.2) is 0 Å². The number of carbonyl (C=O) groups is 1. The van der Waals surface area contributed by atoms with E-state index in [1.165, 1.54) is 12.1 Å². The number of hydrogen-bond donors (Lipinski definition) is 1. The number of rotatable bonds is 4. The molecule has 2 rings (SSSR count). The van der Waals surface area contributed by atoms with E-state index in [4.69, 9.17) is 10.5 Å². The van der Waals surface area contributed by atoms with Crippen molar-refractivity contribution in [3.8, 4) is 0 Å². The summed E-state index contributed by atoms with van der Waals surface area (Å²) in [5.41, 5.74) is 5.02. The van der Waals surface area contributed by atoms with Crippen LogP contribution in [-0.4, -0.2) is 25.5 Å². The monoisotopic (exact) mass is 301 g/mol. The molecule has 0 bridgehead atoms. The van der Waals surface area contributed by atoms with Crippen LogP contribution in [0.15, 0.2) is 24.3 Å². The van der Waals surface area contributed by atoms with Crippen LogP contribution in [0, 0.1) is 5.41 Å². The van der Waals surface area contributed by atoms with E-state index in [-0.39, 0.29) is 18.7 Å². The van der Waals surface area contributed by atoms with Gasteiger partial charge in [-0.1, -0.05) is 12.1 Å². The first-order valence-electron chi connectivity index (χ1n) is 6.85. The summed E-state index contributed by atoms with van der Waals surface area (Å²) in [6, 6.07) is 4.71. The average molecular weight is 301 g/mol. The quantitative estimate of drug-likeness (QED) is 0.930. The maximum atomic E-state index is 12.5. The van der Waals surface area contributed by atoms with Crippen molar-refractivity contribution in [1.29, 1.82) is 0 Å². The topological polar surface area (TPSA) is 52.3 Å². The van der Waals surface area contributed by atoms with Gasteiger partial charge >= 0.3 is 6.18 Å². The number of ether oxygens (including phenoxy) is 1. The second kappa shape index (κ2) is 6.15. The molecule has 1 fully saturated rings. The summed E-state index contributed by atoms with van der Waals surface area (Å²) in [7, 11) is 0. The molecule has 0 aliphatic carbocycles. The van der Waals surface area contributed by atoms with Crippen LogP contribution in [-0.2, 0) is 22.1 Å². The third-order valence-electron chi connectivity index (χ3n) is 4.08. The molecule has 0 aromatic heterocycles. The first kappa shape index (κ1) is 16.0. The Morgan fingerprint density at radius 2 is 1.76 bits per heavy atom. The molecule has 0 saturated carbocycles. The molecule has 0 radical (unpaired) electrons. The van der Waals surface area contributed by atoms with Gasteiger partial charge in [0.2, 0.25) is 0 Å². The van der Waals surface area contributed by atoms with E-state index in [2.05, 4.69) is 0 Å². The number of nitrogens with two attached hydrogens (primary N) is 1. The predicted octanol–water partition coefficient (Wildman–Crippen LogP) is 2.57. The van der Waals surface area contributed by atoms with E-state index in [1.54, 1.807) is 0 Å². The molecule has 0 amide bonds. The van der Waals surface area contributed by atoms with Crippen molar-refractivity contribution in [2.24, 2.45) is 11.1 Å². The molecule has 2 N–H and O–H groups in total. The van der Waals surface area contributed by atoms with Crippen LogP contribution in [0.2, 0.25) is 0 Å². The molecule has 3 nitrogen and oxygen atoms in total. The molecular weight excluding hydrogens is 283 g/mol. The van der Waals surface area contributed by atoms with Crippen molar-refractivity contribution in [2.45, 2.75) is 25.4 Å². The minimum atomic E-state index is -4.36. The lowest BCUT2D eigenvalue weighted by Crippen LogP contribution is -2.44. The summed E-state index contributed by atoms with van der Waals surface area (Å²) in [6.07, 6.45) is -3.11. The summed E-state index contributed by atoms with van der Waals surface area (Å²) in [5.74, 6) is -0.0203. The second-order valence-electron chi connectivity index (χ2n) is 5.39. The minimum Gasteiger partial charge on any atom is -0.381 e. The smallest absolute Gasteiger partial charge is 0.381 e. The lowest BCUT2D eigenvalue weighted by Gasteiger charge is -2.34. The molecule has 0 unspecified atom stereocenters. The van der Waals surface area contributed by atoms with Crippen LogP contribution in [0.25, 0.3) is 0 Å². The van der Waals surface area contributed by atoms with E-state index < -0.39 is 17.2 Å². The van der Waals surface area contributed by atoms with Gasteiger partial charge in [0.05, 0.1) is 5.56 Å². The number of carbonyl (C=O) groups excluding carboxylic acids is 1. The number of Topliss-reactive ketones (excluding diaryl/α,β-unsaturated/α-hetero) is 1. The van der Waals surface area contributed by atoms with E-state index in [0.717, 1.165) is 12.1 Å². The van der Waals surface area contributed by atoms with Gasteiger partial charge in [-0.2, -0.15) is 13.2 Å². The van der Waals surface area contributed by atoms with Crippen LogP contribution < -0.4 is 5.73 Å². The number of alkyl halides is 3. The van der Waals surface area contributed by atoms with Crippen molar-refractivity contribution >= 4 is 5.78 Å². The van der Waals surface area contributed by atoms with Gasteiger partial charge in [0, 0.05) is 31.6 Å². The Balaban J connectivity index is 2.08. The Morgan fingerprint density at radius 3 is 2.24 bits per heavy atom. The Morgan fingerprint density at radius 1 is 1.19 bits per heavy atom. The summed E-state index contributed by atoms with van der Waals surface area (Å²) < 4.78 is 42.7. The van der Waals surface area contributed by atoms with Crippen LogP contribution in [0.3, 0.4) is 0 Å². The molecule has 116 valence electrons. The second-order valence-corrected chi connectivity index (χ2v) is 5.39. The number of ketones is 1. The highest BCUT2D eigenvalue weighted by Gasteiger charge is 2.38. The number of hydrogen-bond acceptors (Lipinski definition) is 3. The average Bonchev–Trinajstić information content (AvgIpc) is 2.47. The van der Waals surface area contributed by atoms with Gasteiger partial charge in [0.1, 0.15) is 5.78 Å². The molecule has 21 heavy (non-hydrogen) atoms. The molecular formula is C15H18F3NO2. The van der Waals surface area contributed by atoms with Gasteiger partial charge < -0.3 is 10.5 Å². The van der Waals surface area contributed by atoms with E-state index in [1.807, 2.05) is 0 Å². The van der Waals surface area contributed by atoms with Crippen molar-refractivity contribution in [3.63, 3.8) is 0 Å². The third-order valence-corrected chi connectivity index (χ3v) is 4.08. The van der Waals surface area contributed by atoms with Crippen LogP contribution >= 0.6 is 0 Å². The van der Waals surface area contributed by atoms with Gasteiger partial charge in [-0.05, 0) is 30.5 Å². The van der Waals surface area contributed by atoms with Crippen molar-refractivity contribution in [2.75, 3.05) is 19.8 Å². The van der Waals surface area contributed by atoms with Gasteiger partial charge in [0.25, 0.3) is 0 Å². The molecule has 6 heteroatoms. The standard InChI is InChI=1S/C15H18F3NO2/c16-15(17,18)12-3-1-11(2-4-12)9-13(20)14(10-19)5-7-21-8-6-14/h1-4H,5-10,19H2. The SMILES string of the molecule is NCC1(C(=O)Cc2ccc(C(F)(F)F)cc2)CCOCC1. The van der Waals surface area contributed by atoms with E-state index in [9.17, 15) is 18.0 Å². The van der Waals surface area contributed by atoms with Crippen LogP contribution in [0.1, 0.15) is 24.0 Å². The molecule has 1 aliphatic heterocycles. The van der Waals surface area contributed by atoms with Gasteiger partial charge in [-0.3, -0.25) is 4.79 Å². The molecule has 0 spiro atoms. The maximum Gasteiger partial charge on any atom is 0.416 e. The van der Waals surface area contributed by atoms with Crippen molar-refractivity contribution < 1.29 is 22.7 Å². The lowest BCUT2D eigenvalue weighted by atomic mass is 9.74. The largest absolute Gasteiger partial charge is 0.416 e. The minimum absolute atomic E-state index is 0.0203. The number of halogens is 3. The summed E-state index contributed by atoms with van der Waals surface area (Å²) in [4.78, 5) is 12.4. The van der Waals surface area contributed by atoms with Gasteiger partial charge in [-0.25, -0.2) is 0 Å². The Kier molecular flexibility index (Phi) is 4.68. The molecule has 1 aromatic carbocycles. The fourth-order valence-electron chi connectivity index (χ4n) is 2.54. The molecule has 1 saturated heterocycles. The zero-order valence-electron chi connectivity index (χ0n) is 11.6. The van der Waals surface area contributed by atoms with Gasteiger partial charge in [-0.15, -0.1) is 0 Å². The Bertz CT molecular complexity index is 491. The highest BCUT2D eigenvalue weighted by Crippen LogP contribution is 2.32. The van der Waals surface area contributed by atoms with E-state index in [0.29, 0.717) is 31.6 Å². The fraction of sp³-hybridized carbons (Fsp3) is 0.533. The third kappa shape index (κ3) is 3.63. The molecule has 1 aromatic rings. The highest BCUT2D eigenvalue weighted by atomic mass is 19.4. The van der Waals surface area contributed by atoms with Crippen LogP contribution in [0.5, 0.6) is 0 Å². The van der Waals surface area contributed by atoms with E-state index >= 15 is 0 Å². The van der Waals surface area contributed by atoms with Crippen molar-refractivity contribution in [1.82, 2.24) is 0 Å². The number of benzene rings is 1. The highest BCUT2D eigenvalue weighted by molar-refractivity contribution is 5.87. The molecule has 1 aliphatic rings. The first-order valence-corrected chi connectivity index (χ1v) is 6.85. The van der Waals surface area contributed by atoms with Crippen LogP contribution in [0.4, 0.5) is 13.2 Å². The normalized spacial score (nSPS) is 18.5.